The van der Waals surface area contributed by atoms with Crippen LogP contribution in [0.5, 0.6) is 0 Å². The van der Waals surface area contributed by atoms with E-state index in [2.05, 4.69) is 40.7 Å². The number of hydrogen-bond donors (Lipinski definition) is 0. The second kappa shape index (κ2) is 5.88. The lowest BCUT2D eigenvalue weighted by Gasteiger charge is -2.58. The van der Waals surface area contributed by atoms with E-state index in [1.54, 1.807) is 0 Å². The molecule has 24 heavy (non-hydrogen) atoms. The van der Waals surface area contributed by atoms with Gasteiger partial charge in [-0.2, -0.15) is 0 Å². The fourth-order valence-electron chi connectivity index (χ4n) is 8.04. The SMILES string of the molecule is CCC1CCC2C3CC=C4CC(C(C)C)CCC4(C)C3CCC12C. The van der Waals surface area contributed by atoms with Crippen LogP contribution in [-0.4, -0.2) is 0 Å². The highest BCUT2D eigenvalue weighted by atomic mass is 14.6. The van der Waals surface area contributed by atoms with Crippen LogP contribution in [0.1, 0.15) is 92.4 Å². The van der Waals surface area contributed by atoms with E-state index in [4.69, 9.17) is 0 Å². The molecule has 0 nitrogen and oxygen atoms in total. The van der Waals surface area contributed by atoms with Crippen molar-refractivity contribution in [3.63, 3.8) is 0 Å². The zero-order valence-corrected chi connectivity index (χ0v) is 16.9. The van der Waals surface area contributed by atoms with E-state index < -0.39 is 0 Å². The number of hydrogen-bond acceptors (Lipinski definition) is 0. The van der Waals surface area contributed by atoms with Gasteiger partial charge in [-0.05, 0) is 97.7 Å². The largest absolute Gasteiger partial charge is 0.0845 e. The minimum absolute atomic E-state index is 0.555. The molecule has 0 aromatic rings. The maximum absolute atomic E-state index is 2.75. The quantitative estimate of drug-likeness (QED) is 0.468. The summed E-state index contributed by atoms with van der Waals surface area (Å²) < 4.78 is 0. The Bertz CT molecular complexity index is 514. The van der Waals surface area contributed by atoms with E-state index in [1.165, 1.54) is 57.8 Å². The third kappa shape index (κ3) is 2.30. The van der Waals surface area contributed by atoms with E-state index in [1.807, 2.05) is 5.57 Å². The molecule has 0 aromatic carbocycles. The molecule has 4 rings (SSSR count). The molecule has 0 N–H and O–H groups in total. The summed E-state index contributed by atoms with van der Waals surface area (Å²) >= 11 is 0. The molecule has 0 amide bonds. The Hall–Kier alpha value is -0.260. The van der Waals surface area contributed by atoms with Crippen LogP contribution in [0.25, 0.3) is 0 Å². The topological polar surface area (TPSA) is 0 Å². The van der Waals surface area contributed by atoms with Gasteiger partial charge < -0.3 is 0 Å². The monoisotopic (exact) mass is 328 g/mol. The predicted molar refractivity (Wildman–Crippen MR) is 104 cm³/mol. The van der Waals surface area contributed by atoms with E-state index in [-0.39, 0.29) is 0 Å². The lowest BCUT2D eigenvalue weighted by Crippen LogP contribution is -2.50. The third-order valence-corrected chi connectivity index (χ3v) is 9.77. The summed E-state index contributed by atoms with van der Waals surface area (Å²) in [4.78, 5) is 0. The molecule has 3 fully saturated rings. The van der Waals surface area contributed by atoms with Crippen LogP contribution in [0.4, 0.5) is 0 Å². The Labute approximate surface area is 150 Å². The Morgan fingerprint density at radius 3 is 2.54 bits per heavy atom. The molecule has 0 bridgehead atoms. The fourth-order valence-corrected chi connectivity index (χ4v) is 8.04. The summed E-state index contributed by atoms with van der Waals surface area (Å²) in [6.07, 6.45) is 16.0. The second-order valence-corrected chi connectivity index (χ2v) is 10.7. The first-order chi connectivity index (χ1) is 11.4. The smallest absolute Gasteiger partial charge is 0.00851 e. The number of allylic oxidation sites excluding steroid dienone is 2. The van der Waals surface area contributed by atoms with Gasteiger partial charge in [0.2, 0.25) is 0 Å². The van der Waals surface area contributed by atoms with Gasteiger partial charge in [0.05, 0.1) is 0 Å². The van der Waals surface area contributed by atoms with E-state index in [0.717, 1.165) is 35.5 Å². The Morgan fingerprint density at radius 2 is 1.83 bits per heavy atom. The first kappa shape index (κ1) is 17.2. The molecule has 7 unspecified atom stereocenters. The van der Waals surface area contributed by atoms with Crippen molar-refractivity contribution in [1.82, 2.24) is 0 Å². The van der Waals surface area contributed by atoms with Crippen molar-refractivity contribution in [3.8, 4) is 0 Å². The van der Waals surface area contributed by atoms with Crippen LogP contribution in [0.2, 0.25) is 0 Å². The minimum atomic E-state index is 0.555. The zero-order chi connectivity index (χ0) is 17.1. The van der Waals surface area contributed by atoms with Crippen molar-refractivity contribution < 1.29 is 0 Å². The van der Waals surface area contributed by atoms with Gasteiger partial charge in [0.25, 0.3) is 0 Å². The van der Waals surface area contributed by atoms with Gasteiger partial charge in [-0.25, -0.2) is 0 Å². The molecule has 0 saturated heterocycles. The highest BCUT2D eigenvalue weighted by Gasteiger charge is 2.58. The van der Waals surface area contributed by atoms with Crippen LogP contribution >= 0.6 is 0 Å². The summed E-state index contributed by atoms with van der Waals surface area (Å²) in [5.74, 6) is 5.86. The molecule has 0 spiro atoms. The summed E-state index contributed by atoms with van der Waals surface area (Å²) in [6.45, 7) is 12.7. The third-order valence-electron chi connectivity index (χ3n) is 9.77. The summed E-state index contributed by atoms with van der Waals surface area (Å²) in [7, 11) is 0. The lowest BCUT2D eigenvalue weighted by molar-refractivity contribution is -0.0459. The molecular weight excluding hydrogens is 288 g/mol. The summed E-state index contributed by atoms with van der Waals surface area (Å²) in [6, 6.07) is 0. The van der Waals surface area contributed by atoms with Gasteiger partial charge >= 0.3 is 0 Å². The van der Waals surface area contributed by atoms with Gasteiger partial charge in [0.15, 0.2) is 0 Å². The molecular formula is C24H40. The maximum Gasteiger partial charge on any atom is -0.00851 e. The normalized spacial score (nSPS) is 50.9. The maximum atomic E-state index is 2.75. The number of fused-ring (bicyclic) bond motifs is 5. The zero-order valence-electron chi connectivity index (χ0n) is 16.9. The molecule has 4 aliphatic rings. The highest BCUT2D eigenvalue weighted by molar-refractivity contribution is 5.25. The predicted octanol–water partition coefficient (Wildman–Crippen LogP) is 7.25. The second-order valence-electron chi connectivity index (χ2n) is 10.7. The standard InChI is InChI=1S/C24H40/c1-6-18-8-10-21-20-9-7-19-15-17(16(2)3)11-13-24(19,5)22(20)12-14-23(18,21)4/h7,16-18,20-22H,6,8-15H2,1-5H3. The molecule has 7 atom stereocenters. The Kier molecular flexibility index (Phi) is 4.21. The molecule has 0 aliphatic heterocycles. The van der Waals surface area contributed by atoms with Gasteiger partial charge in [0, 0.05) is 0 Å². The van der Waals surface area contributed by atoms with Crippen LogP contribution in [-0.2, 0) is 0 Å². The Balaban J connectivity index is 1.61. The van der Waals surface area contributed by atoms with Crippen LogP contribution in [0.3, 0.4) is 0 Å². The van der Waals surface area contributed by atoms with Crippen LogP contribution in [0.15, 0.2) is 11.6 Å². The fraction of sp³-hybridized carbons (Fsp3) is 0.917. The van der Waals surface area contributed by atoms with Gasteiger partial charge in [-0.3, -0.25) is 0 Å². The first-order valence-corrected chi connectivity index (χ1v) is 11.1. The number of rotatable bonds is 2. The van der Waals surface area contributed by atoms with E-state index in [0.29, 0.717) is 10.8 Å². The van der Waals surface area contributed by atoms with Gasteiger partial charge in [0.1, 0.15) is 0 Å². The molecule has 0 heterocycles. The minimum Gasteiger partial charge on any atom is -0.0845 e. The molecule has 3 saturated carbocycles. The average Bonchev–Trinajstić information content (AvgIpc) is 2.90. The molecule has 4 aliphatic carbocycles. The molecule has 0 aromatic heterocycles. The van der Waals surface area contributed by atoms with Gasteiger partial charge in [-0.15, -0.1) is 0 Å². The van der Waals surface area contributed by atoms with Crippen molar-refractivity contribution in [1.29, 1.82) is 0 Å². The first-order valence-electron chi connectivity index (χ1n) is 11.1. The van der Waals surface area contributed by atoms with Crippen molar-refractivity contribution in [2.75, 3.05) is 0 Å². The highest BCUT2D eigenvalue weighted by Crippen LogP contribution is 2.67. The molecule has 0 heteroatoms. The lowest BCUT2D eigenvalue weighted by atomic mass is 9.46. The van der Waals surface area contributed by atoms with E-state index >= 15 is 0 Å². The Morgan fingerprint density at radius 1 is 1.04 bits per heavy atom. The summed E-state index contributed by atoms with van der Waals surface area (Å²) in [5, 5.41) is 0. The average molecular weight is 329 g/mol. The molecule has 136 valence electrons. The van der Waals surface area contributed by atoms with Gasteiger partial charge in [-0.1, -0.05) is 52.7 Å². The van der Waals surface area contributed by atoms with Crippen molar-refractivity contribution in [2.24, 2.45) is 46.3 Å². The van der Waals surface area contributed by atoms with Crippen LogP contribution in [0, 0.1) is 46.3 Å². The van der Waals surface area contributed by atoms with Crippen molar-refractivity contribution >= 4 is 0 Å². The summed E-state index contributed by atoms with van der Waals surface area (Å²) in [5.41, 5.74) is 3.11. The van der Waals surface area contributed by atoms with Crippen LogP contribution < -0.4 is 0 Å². The molecule has 0 radical (unpaired) electrons. The van der Waals surface area contributed by atoms with E-state index in [9.17, 15) is 0 Å². The van der Waals surface area contributed by atoms with Crippen molar-refractivity contribution in [3.05, 3.63) is 11.6 Å². The van der Waals surface area contributed by atoms with Crippen molar-refractivity contribution in [2.45, 2.75) is 92.4 Å².